The molecule has 2 aromatic carbocycles. The van der Waals surface area contributed by atoms with Crippen LogP contribution in [0.1, 0.15) is 0 Å². The summed E-state index contributed by atoms with van der Waals surface area (Å²) in [6.07, 6.45) is 0. The maximum Gasteiger partial charge on any atom is 0.321 e. The predicted octanol–water partition coefficient (Wildman–Crippen LogP) is 1.87. The van der Waals surface area contributed by atoms with Crippen molar-refractivity contribution in [2.45, 2.75) is 4.90 Å². The van der Waals surface area contributed by atoms with Gasteiger partial charge in [-0.25, -0.2) is 8.42 Å². The lowest BCUT2D eigenvalue weighted by Crippen LogP contribution is -2.32. The van der Waals surface area contributed by atoms with E-state index in [9.17, 15) is 18.0 Å². The molecule has 0 atom stereocenters. The van der Waals surface area contributed by atoms with Crippen LogP contribution in [-0.2, 0) is 24.3 Å². The van der Waals surface area contributed by atoms with Crippen LogP contribution in [-0.4, -0.2) is 47.5 Å². The third-order valence-electron chi connectivity index (χ3n) is 3.54. The fraction of sp³-hybridized carbons (Fsp3) is 0.222. The minimum Gasteiger partial charge on any atom is -0.455 e. The van der Waals surface area contributed by atoms with Gasteiger partial charge in [0.25, 0.3) is 5.91 Å². The van der Waals surface area contributed by atoms with E-state index in [0.29, 0.717) is 5.69 Å². The molecule has 0 aliphatic heterocycles. The van der Waals surface area contributed by atoms with Gasteiger partial charge in [-0.05, 0) is 42.5 Å². The van der Waals surface area contributed by atoms with Crippen LogP contribution in [0.2, 0.25) is 5.02 Å². The maximum atomic E-state index is 12.1. The molecule has 0 aliphatic rings. The van der Waals surface area contributed by atoms with Gasteiger partial charge in [0.2, 0.25) is 10.0 Å². The van der Waals surface area contributed by atoms with E-state index < -0.39 is 35.1 Å². The second kappa shape index (κ2) is 9.54. The second-order valence-electron chi connectivity index (χ2n) is 5.93. The number of ether oxygens (including phenoxy) is 1. The largest absolute Gasteiger partial charge is 0.455 e. The Kier molecular flexibility index (Phi) is 7.38. The SMILES string of the molecule is CN(C)c1ccc(NC(=O)COC(=O)CNS(=O)(=O)c2cccc(Cl)c2)cc1. The minimum atomic E-state index is -3.92. The van der Waals surface area contributed by atoms with Crippen molar-refractivity contribution < 1.29 is 22.7 Å². The Balaban J connectivity index is 1.79. The van der Waals surface area contributed by atoms with Gasteiger partial charge in [0.05, 0.1) is 4.90 Å². The van der Waals surface area contributed by atoms with Gasteiger partial charge >= 0.3 is 5.97 Å². The number of hydrogen-bond acceptors (Lipinski definition) is 6. The molecule has 0 heterocycles. The van der Waals surface area contributed by atoms with Crippen molar-refractivity contribution in [3.63, 3.8) is 0 Å². The van der Waals surface area contributed by atoms with E-state index in [-0.39, 0.29) is 9.92 Å². The highest BCUT2D eigenvalue weighted by Crippen LogP contribution is 2.16. The van der Waals surface area contributed by atoms with E-state index in [4.69, 9.17) is 16.3 Å². The summed E-state index contributed by atoms with van der Waals surface area (Å²) in [6, 6.07) is 12.7. The predicted molar refractivity (Wildman–Crippen MR) is 107 cm³/mol. The third kappa shape index (κ3) is 6.52. The molecule has 10 heteroatoms. The van der Waals surface area contributed by atoms with Crippen LogP contribution >= 0.6 is 11.6 Å². The first-order valence-electron chi connectivity index (χ1n) is 8.15. The van der Waals surface area contributed by atoms with E-state index in [1.165, 1.54) is 24.3 Å². The number of amides is 1. The molecule has 0 aromatic heterocycles. The molecule has 28 heavy (non-hydrogen) atoms. The first kappa shape index (κ1) is 21.7. The zero-order valence-corrected chi connectivity index (χ0v) is 16.9. The minimum absolute atomic E-state index is 0.0771. The monoisotopic (exact) mass is 425 g/mol. The number of sulfonamides is 1. The highest BCUT2D eigenvalue weighted by molar-refractivity contribution is 7.89. The summed E-state index contributed by atoms with van der Waals surface area (Å²) in [5.74, 6) is -1.42. The number of esters is 1. The van der Waals surface area contributed by atoms with Gasteiger partial charge in [-0.3, -0.25) is 9.59 Å². The summed E-state index contributed by atoms with van der Waals surface area (Å²) >= 11 is 5.76. The smallest absolute Gasteiger partial charge is 0.321 e. The molecule has 2 rings (SSSR count). The van der Waals surface area contributed by atoms with Crippen molar-refractivity contribution in [3.05, 3.63) is 53.6 Å². The number of rotatable bonds is 8. The lowest BCUT2D eigenvalue weighted by atomic mass is 10.2. The number of carbonyl (C=O) groups is 2. The Morgan fingerprint density at radius 2 is 1.79 bits per heavy atom. The lowest BCUT2D eigenvalue weighted by Gasteiger charge is -2.13. The molecular weight excluding hydrogens is 406 g/mol. The van der Waals surface area contributed by atoms with E-state index in [1.807, 2.05) is 31.1 Å². The Morgan fingerprint density at radius 1 is 1.11 bits per heavy atom. The van der Waals surface area contributed by atoms with Crippen molar-refractivity contribution in [2.75, 3.05) is 37.5 Å². The van der Waals surface area contributed by atoms with Crippen molar-refractivity contribution in [1.29, 1.82) is 0 Å². The zero-order chi connectivity index (χ0) is 20.7. The molecule has 0 saturated heterocycles. The zero-order valence-electron chi connectivity index (χ0n) is 15.3. The highest BCUT2D eigenvalue weighted by atomic mass is 35.5. The molecule has 0 fully saturated rings. The molecule has 8 nitrogen and oxygen atoms in total. The number of anilines is 2. The van der Waals surface area contributed by atoms with Crippen molar-refractivity contribution in [3.8, 4) is 0 Å². The number of benzene rings is 2. The number of carbonyl (C=O) groups excluding carboxylic acids is 2. The molecule has 0 aliphatic carbocycles. The number of nitrogens with one attached hydrogen (secondary N) is 2. The van der Waals surface area contributed by atoms with E-state index >= 15 is 0 Å². The number of nitrogens with zero attached hydrogens (tertiary/aromatic N) is 1. The molecule has 0 radical (unpaired) electrons. The average Bonchev–Trinajstić information content (AvgIpc) is 2.65. The van der Waals surface area contributed by atoms with Crippen LogP contribution in [0.5, 0.6) is 0 Å². The molecule has 0 unspecified atom stereocenters. The van der Waals surface area contributed by atoms with Crippen molar-refractivity contribution >= 4 is 44.9 Å². The fourth-order valence-electron chi connectivity index (χ4n) is 2.11. The number of halogens is 1. The summed E-state index contributed by atoms with van der Waals surface area (Å²) in [5, 5.41) is 2.83. The molecule has 0 spiro atoms. The Hall–Kier alpha value is -2.62. The molecule has 2 N–H and O–H groups in total. The molecular formula is C18H20ClN3O5S. The molecule has 2 aromatic rings. The molecule has 0 saturated carbocycles. The van der Waals surface area contributed by atoms with Crippen LogP contribution in [0, 0.1) is 0 Å². The van der Waals surface area contributed by atoms with Crippen LogP contribution in [0.3, 0.4) is 0 Å². The van der Waals surface area contributed by atoms with Crippen LogP contribution in [0.15, 0.2) is 53.4 Å². The van der Waals surface area contributed by atoms with E-state index in [1.54, 1.807) is 12.1 Å². The Labute approximate surface area is 168 Å². The van der Waals surface area contributed by atoms with Crippen molar-refractivity contribution in [2.24, 2.45) is 0 Å². The molecule has 0 bridgehead atoms. The van der Waals surface area contributed by atoms with Gasteiger partial charge in [-0.1, -0.05) is 17.7 Å². The fourth-order valence-corrected chi connectivity index (χ4v) is 3.38. The van der Waals surface area contributed by atoms with Gasteiger partial charge in [0.15, 0.2) is 6.61 Å². The first-order chi connectivity index (χ1) is 13.2. The van der Waals surface area contributed by atoms with Gasteiger partial charge in [-0.15, -0.1) is 0 Å². The van der Waals surface area contributed by atoms with Gasteiger partial charge in [0, 0.05) is 30.5 Å². The summed E-state index contributed by atoms with van der Waals surface area (Å²) in [5.41, 5.74) is 1.52. The van der Waals surface area contributed by atoms with Crippen LogP contribution < -0.4 is 14.9 Å². The van der Waals surface area contributed by atoms with Gasteiger partial charge < -0.3 is 15.0 Å². The second-order valence-corrected chi connectivity index (χ2v) is 8.14. The Morgan fingerprint density at radius 3 is 2.39 bits per heavy atom. The van der Waals surface area contributed by atoms with E-state index in [2.05, 4.69) is 10.0 Å². The summed E-state index contributed by atoms with van der Waals surface area (Å²) < 4.78 is 31.0. The first-order valence-corrected chi connectivity index (χ1v) is 10.0. The average molecular weight is 426 g/mol. The third-order valence-corrected chi connectivity index (χ3v) is 5.18. The topological polar surface area (TPSA) is 105 Å². The van der Waals surface area contributed by atoms with Gasteiger partial charge in [0.1, 0.15) is 6.54 Å². The summed E-state index contributed by atoms with van der Waals surface area (Å²) in [7, 11) is -0.123. The molecule has 150 valence electrons. The summed E-state index contributed by atoms with van der Waals surface area (Å²) in [4.78, 5) is 25.4. The van der Waals surface area contributed by atoms with Crippen LogP contribution in [0.25, 0.3) is 0 Å². The summed E-state index contributed by atoms with van der Waals surface area (Å²) in [6.45, 7) is -1.15. The normalized spacial score (nSPS) is 11.0. The highest BCUT2D eigenvalue weighted by Gasteiger charge is 2.17. The van der Waals surface area contributed by atoms with Gasteiger partial charge in [-0.2, -0.15) is 4.72 Å². The molecule has 1 amide bonds. The van der Waals surface area contributed by atoms with Crippen LogP contribution in [0.4, 0.5) is 11.4 Å². The maximum absolute atomic E-state index is 12.1. The quantitative estimate of drug-likeness (QED) is 0.625. The van der Waals surface area contributed by atoms with E-state index in [0.717, 1.165) is 5.69 Å². The standard InChI is InChI=1S/C18H20ClN3O5S/c1-22(2)15-8-6-14(7-9-15)21-17(23)12-27-18(24)11-20-28(25,26)16-5-3-4-13(19)10-16/h3-10,20H,11-12H2,1-2H3,(H,21,23). The van der Waals surface area contributed by atoms with Crippen molar-refractivity contribution in [1.82, 2.24) is 4.72 Å². The lowest BCUT2D eigenvalue weighted by molar-refractivity contribution is -0.146. The Bertz CT molecular complexity index is 946. The number of hydrogen-bond donors (Lipinski definition) is 2.